The molecule has 2 amide bonds. The van der Waals surface area contributed by atoms with Crippen molar-refractivity contribution in [1.82, 2.24) is 10.2 Å². The zero-order valence-electron chi connectivity index (χ0n) is 14.6. The Labute approximate surface area is 159 Å². The topological polar surface area (TPSA) is 121 Å². The SMILES string of the molecule is NC(=O)N(c1ccc(-c2ccc(O)c3[nH]nc(N)c23)cc1)c1cccc(F)c1. The van der Waals surface area contributed by atoms with E-state index in [0.29, 0.717) is 22.3 Å². The molecule has 0 saturated carbocycles. The van der Waals surface area contributed by atoms with Crippen LogP contribution in [0.15, 0.2) is 60.7 Å². The van der Waals surface area contributed by atoms with Gasteiger partial charge in [-0.2, -0.15) is 5.10 Å². The first kappa shape index (κ1) is 17.3. The number of anilines is 3. The predicted octanol–water partition coefficient (Wildman–Crippen LogP) is 3.87. The number of fused-ring (bicyclic) bond motifs is 1. The van der Waals surface area contributed by atoms with E-state index in [0.717, 1.165) is 11.1 Å². The first-order chi connectivity index (χ1) is 13.5. The molecule has 4 aromatic rings. The second-order valence-corrected chi connectivity index (χ2v) is 6.19. The number of hydrogen-bond acceptors (Lipinski definition) is 4. The third kappa shape index (κ3) is 2.86. The van der Waals surface area contributed by atoms with E-state index in [4.69, 9.17) is 11.5 Å². The van der Waals surface area contributed by atoms with E-state index in [1.807, 2.05) is 0 Å². The number of aromatic nitrogens is 2. The predicted molar refractivity (Wildman–Crippen MR) is 106 cm³/mol. The van der Waals surface area contributed by atoms with Gasteiger partial charge in [0.1, 0.15) is 17.1 Å². The molecule has 140 valence electrons. The van der Waals surface area contributed by atoms with Gasteiger partial charge in [0.15, 0.2) is 5.82 Å². The Hall–Kier alpha value is -4.07. The molecule has 7 nitrogen and oxygen atoms in total. The lowest BCUT2D eigenvalue weighted by Gasteiger charge is -2.21. The first-order valence-corrected chi connectivity index (χ1v) is 8.37. The van der Waals surface area contributed by atoms with Crippen LogP contribution in [-0.4, -0.2) is 21.3 Å². The summed E-state index contributed by atoms with van der Waals surface area (Å²) >= 11 is 0. The van der Waals surface area contributed by atoms with Crippen molar-refractivity contribution >= 4 is 34.1 Å². The van der Waals surface area contributed by atoms with Crippen LogP contribution in [0.2, 0.25) is 0 Å². The molecular formula is C20H16FN5O2. The number of carbonyl (C=O) groups is 1. The lowest BCUT2D eigenvalue weighted by Crippen LogP contribution is -2.31. The minimum Gasteiger partial charge on any atom is -0.506 e. The van der Waals surface area contributed by atoms with Gasteiger partial charge in [0.25, 0.3) is 0 Å². The van der Waals surface area contributed by atoms with Crippen molar-refractivity contribution in [2.24, 2.45) is 5.73 Å². The zero-order chi connectivity index (χ0) is 19.8. The second-order valence-electron chi connectivity index (χ2n) is 6.19. The van der Waals surface area contributed by atoms with Crippen molar-refractivity contribution < 1.29 is 14.3 Å². The van der Waals surface area contributed by atoms with Crippen LogP contribution >= 0.6 is 0 Å². The van der Waals surface area contributed by atoms with E-state index < -0.39 is 11.8 Å². The molecule has 0 atom stereocenters. The molecule has 0 radical (unpaired) electrons. The standard InChI is InChI=1S/C20H16FN5O2/c21-12-2-1-3-14(10-12)26(20(23)28)13-6-4-11(5-7-13)15-8-9-16(27)18-17(15)19(22)25-24-18/h1-10,27H,(H2,23,28)(H3,22,24,25). The average molecular weight is 377 g/mol. The Morgan fingerprint density at radius 3 is 2.50 bits per heavy atom. The van der Waals surface area contributed by atoms with Crippen LogP contribution in [-0.2, 0) is 0 Å². The molecule has 0 spiro atoms. The number of aromatic amines is 1. The normalized spacial score (nSPS) is 10.9. The van der Waals surface area contributed by atoms with Crippen molar-refractivity contribution in [2.75, 3.05) is 10.6 Å². The highest BCUT2D eigenvalue weighted by Crippen LogP contribution is 2.37. The van der Waals surface area contributed by atoms with Crippen LogP contribution in [0.25, 0.3) is 22.0 Å². The van der Waals surface area contributed by atoms with Gasteiger partial charge in [0.2, 0.25) is 0 Å². The number of nitrogens with zero attached hydrogens (tertiary/aromatic N) is 2. The molecule has 6 N–H and O–H groups in total. The minimum atomic E-state index is -0.732. The first-order valence-electron chi connectivity index (χ1n) is 8.37. The van der Waals surface area contributed by atoms with Crippen molar-refractivity contribution in [3.63, 3.8) is 0 Å². The smallest absolute Gasteiger partial charge is 0.323 e. The number of aromatic hydroxyl groups is 1. The van der Waals surface area contributed by atoms with Gasteiger partial charge in [-0.3, -0.25) is 10.00 Å². The Bertz CT molecular complexity index is 1190. The number of amides is 2. The third-order valence-corrected chi connectivity index (χ3v) is 4.45. The Morgan fingerprint density at radius 2 is 1.82 bits per heavy atom. The summed E-state index contributed by atoms with van der Waals surface area (Å²) in [7, 11) is 0. The molecule has 0 aliphatic carbocycles. The maximum absolute atomic E-state index is 13.6. The monoisotopic (exact) mass is 377 g/mol. The average Bonchev–Trinajstić information content (AvgIpc) is 3.06. The summed E-state index contributed by atoms with van der Waals surface area (Å²) in [6.45, 7) is 0. The maximum atomic E-state index is 13.6. The summed E-state index contributed by atoms with van der Waals surface area (Å²) < 4.78 is 13.6. The van der Waals surface area contributed by atoms with Gasteiger partial charge in [-0.1, -0.05) is 18.2 Å². The quantitative estimate of drug-likeness (QED) is 0.433. The molecule has 3 aromatic carbocycles. The zero-order valence-corrected chi connectivity index (χ0v) is 14.6. The fraction of sp³-hybridized carbons (Fsp3) is 0. The molecule has 0 aliphatic rings. The van der Waals surface area contributed by atoms with Crippen molar-refractivity contribution in [3.8, 4) is 16.9 Å². The van der Waals surface area contributed by atoms with Gasteiger partial charge in [0, 0.05) is 0 Å². The summed E-state index contributed by atoms with van der Waals surface area (Å²) in [6.07, 6.45) is 0. The van der Waals surface area contributed by atoms with Gasteiger partial charge in [0.05, 0.1) is 16.8 Å². The van der Waals surface area contributed by atoms with Crippen LogP contribution in [0.4, 0.5) is 26.4 Å². The van der Waals surface area contributed by atoms with Crippen LogP contribution in [0, 0.1) is 5.82 Å². The molecule has 0 unspecified atom stereocenters. The fourth-order valence-electron chi connectivity index (χ4n) is 3.19. The molecule has 1 heterocycles. The number of primary amides is 1. The largest absolute Gasteiger partial charge is 0.506 e. The number of nitrogen functional groups attached to an aromatic ring is 1. The van der Waals surface area contributed by atoms with Gasteiger partial charge in [-0.15, -0.1) is 0 Å². The maximum Gasteiger partial charge on any atom is 0.323 e. The molecule has 0 fully saturated rings. The lowest BCUT2D eigenvalue weighted by molar-refractivity contribution is 0.256. The van der Waals surface area contributed by atoms with Gasteiger partial charge in [-0.25, -0.2) is 9.18 Å². The number of phenols is 1. The van der Waals surface area contributed by atoms with Crippen LogP contribution < -0.4 is 16.4 Å². The number of rotatable bonds is 3. The minimum absolute atomic E-state index is 0.0468. The van der Waals surface area contributed by atoms with Crippen molar-refractivity contribution in [1.29, 1.82) is 0 Å². The van der Waals surface area contributed by atoms with E-state index >= 15 is 0 Å². The van der Waals surface area contributed by atoms with Crippen LogP contribution in [0.3, 0.4) is 0 Å². The summed E-state index contributed by atoms with van der Waals surface area (Å²) in [4.78, 5) is 13.2. The molecule has 28 heavy (non-hydrogen) atoms. The van der Waals surface area contributed by atoms with Gasteiger partial charge >= 0.3 is 6.03 Å². The van der Waals surface area contributed by atoms with E-state index in [1.54, 1.807) is 42.5 Å². The number of benzene rings is 3. The van der Waals surface area contributed by atoms with Gasteiger partial charge in [-0.05, 0) is 53.6 Å². The van der Waals surface area contributed by atoms with Crippen molar-refractivity contribution in [2.45, 2.75) is 0 Å². The molecule has 4 rings (SSSR count). The van der Waals surface area contributed by atoms with E-state index in [9.17, 15) is 14.3 Å². The van der Waals surface area contributed by atoms with E-state index in [2.05, 4.69) is 10.2 Å². The summed E-state index contributed by atoms with van der Waals surface area (Å²) in [5, 5.41) is 17.2. The molecule has 0 bridgehead atoms. The number of carbonyl (C=O) groups excluding carboxylic acids is 1. The van der Waals surface area contributed by atoms with E-state index in [-0.39, 0.29) is 11.6 Å². The Balaban J connectivity index is 1.78. The number of hydrogen-bond donors (Lipinski definition) is 4. The summed E-state index contributed by atoms with van der Waals surface area (Å²) in [5.74, 6) is -0.156. The van der Waals surface area contributed by atoms with Crippen molar-refractivity contribution in [3.05, 3.63) is 66.5 Å². The number of phenolic OH excluding ortho intramolecular Hbond substituents is 1. The van der Waals surface area contributed by atoms with Crippen LogP contribution in [0.5, 0.6) is 5.75 Å². The molecule has 8 heteroatoms. The molecular weight excluding hydrogens is 361 g/mol. The van der Waals surface area contributed by atoms with E-state index in [1.165, 1.54) is 23.1 Å². The highest BCUT2D eigenvalue weighted by Gasteiger charge is 2.17. The lowest BCUT2D eigenvalue weighted by atomic mass is 10.0. The number of halogens is 1. The molecule has 0 saturated heterocycles. The molecule has 1 aromatic heterocycles. The second kappa shape index (κ2) is 6.58. The third-order valence-electron chi connectivity index (χ3n) is 4.45. The highest BCUT2D eigenvalue weighted by molar-refractivity contribution is 6.04. The van der Waals surface area contributed by atoms with Gasteiger partial charge < -0.3 is 16.6 Å². The number of urea groups is 1. The summed E-state index contributed by atoms with van der Waals surface area (Å²) in [5.41, 5.74) is 14.3. The van der Waals surface area contributed by atoms with Crippen LogP contribution in [0.1, 0.15) is 0 Å². The number of nitrogens with one attached hydrogen (secondary N) is 1. The fourth-order valence-corrected chi connectivity index (χ4v) is 3.19. The number of nitrogens with two attached hydrogens (primary N) is 2. The highest BCUT2D eigenvalue weighted by atomic mass is 19.1. The Morgan fingerprint density at radius 1 is 1.07 bits per heavy atom. The number of H-pyrrole nitrogens is 1. The molecule has 0 aliphatic heterocycles. The summed E-state index contributed by atoms with van der Waals surface area (Å²) in [6, 6.07) is 15.1. The Kier molecular flexibility index (Phi) is 4.08.